The summed E-state index contributed by atoms with van der Waals surface area (Å²) in [5.41, 5.74) is 2.50. The molecule has 0 aromatic heterocycles. The van der Waals surface area contributed by atoms with Crippen LogP contribution >= 0.6 is 0 Å². The van der Waals surface area contributed by atoms with Crippen LogP contribution < -0.4 is 15.1 Å². The van der Waals surface area contributed by atoms with Crippen molar-refractivity contribution >= 4 is 34.4 Å². The van der Waals surface area contributed by atoms with Gasteiger partial charge in [0, 0.05) is 25.5 Å². The van der Waals surface area contributed by atoms with Crippen molar-refractivity contribution < 1.29 is 14.0 Å². The molecule has 0 saturated heterocycles. The fraction of sp³-hybridized carbons (Fsp3) is 0.0833. The maximum Gasteiger partial charge on any atom is 0.282 e. The SMILES string of the molecule is CN(C)c1ccc(NC2=C(c3ccccc3)C(=O)N(c3ccccc3F)C2=O)cc1. The van der Waals surface area contributed by atoms with Crippen molar-refractivity contribution in [2.75, 3.05) is 29.2 Å². The van der Waals surface area contributed by atoms with Gasteiger partial charge in [-0.2, -0.15) is 0 Å². The molecule has 1 N–H and O–H groups in total. The number of benzene rings is 3. The molecule has 0 unspecified atom stereocenters. The minimum atomic E-state index is -0.636. The second-order valence-electron chi connectivity index (χ2n) is 7.08. The Hall–Kier alpha value is -3.93. The average molecular weight is 401 g/mol. The van der Waals surface area contributed by atoms with Crippen molar-refractivity contribution in [3.63, 3.8) is 0 Å². The van der Waals surface area contributed by atoms with E-state index in [4.69, 9.17) is 0 Å². The van der Waals surface area contributed by atoms with Crippen LogP contribution in [-0.2, 0) is 9.59 Å². The lowest BCUT2D eigenvalue weighted by Gasteiger charge is -2.16. The molecular weight excluding hydrogens is 381 g/mol. The van der Waals surface area contributed by atoms with Crippen LogP contribution in [0, 0.1) is 5.82 Å². The van der Waals surface area contributed by atoms with E-state index in [0.717, 1.165) is 10.6 Å². The number of rotatable bonds is 5. The zero-order chi connectivity index (χ0) is 21.3. The Bertz CT molecular complexity index is 1140. The first-order valence-electron chi connectivity index (χ1n) is 9.45. The van der Waals surface area contributed by atoms with Gasteiger partial charge >= 0.3 is 0 Å². The van der Waals surface area contributed by atoms with E-state index in [1.54, 1.807) is 30.3 Å². The summed E-state index contributed by atoms with van der Waals surface area (Å²) in [5.74, 6) is -1.80. The molecule has 150 valence electrons. The van der Waals surface area contributed by atoms with Crippen molar-refractivity contribution in [2.45, 2.75) is 0 Å². The summed E-state index contributed by atoms with van der Waals surface area (Å²) in [6, 6.07) is 22.1. The lowest BCUT2D eigenvalue weighted by atomic mass is 10.0. The number of halogens is 1. The van der Waals surface area contributed by atoms with Crippen LogP contribution in [0.2, 0.25) is 0 Å². The topological polar surface area (TPSA) is 52.7 Å². The van der Waals surface area contributed by atoms with Crippen LogP contribution in [0.5, 0.6) is 0 Å². The Balaban J connectivity index is 1.78. The molecule has 4 rings (SSSR count). The van der Waals surface area contributed by atoms with Gasteiger partial charge in [-0.05, 0) is 42.0 Å². The Morgan fingerprint density at radius 2 is 1.43 bits per heavy atom. The zero-order valence-electron chi connectivity index (χ0n) is 16.6. The van der Waals surface area contributed by atoms with E-state index in [1.165, 1.54) is 18.2 Å². The Morgan fingerprint density at radius 1 is 0.800 bits per heavy atom. The number of nitrogens with one attached hydrogen (secondary N) is 1. The Morgan fingerprint density at radius 3 is 2.07 bits per heavy atom. The molecule has 3 aromatic rings. The largest absolute Gasteiger partial charge is 0.378 e. The summed E-state index contributed by atoms with van der Waals surface area (Å²) in [6.45, 7) is 0. The van der Waals surface area contributed by atoms with Gasteiger partial charge in [0.2, 0.25) is 0 Å². The van der Waals surface area contributed by atoms with Gasteiger partial charge < -0.3 is 10.2 Å². The number of hydrogen-bond donors (Lipinski definition) is 1. The van der Waals surface area contributed by atoms with Crippen LogP contribution in [0.3, 0.4) is 0 Å². The maximum absolute atomic E-state index is 14.4. The second kappa shape index (κ2) is 7.83. The van der Waals surface area contributed by atoms with E-state index in [1.807, 2.05) is 49.3 Å². The maximum atomic E-state index is 14.4. The first kappa shape index (κ1) is 19.4. The van der Waals surface area contributed by atoms with Crippen LogP contribution in [0.1, 0.15) is 5.56 Å². The molecule has 6 heteroatoms. The molecule has 1 aliphatic rings. The minimum absolute atomic E-state index is 0.0688. The molecule has 0 fully saturated rings. The normalized spacial score (nSPS) is 13.8. The van der Waals surface area contributed by atoms with Crippen molar-refractivity contribution in [2.24, 2.45) is 0 Å². The third-order valence-corrected chi connectivity index (χ3v) is 4.89. The van der Waals surface area contributed by atoms with Gasteiger partial charge in [0.1, 0.15) is 11.5 Å². The number of nitrogens with zero attached hydrogens (tertiary/aromatic N) is 2. The monoisotopic (exact) mass is 401 g/mol. The summed E-state index contributed by atoms with van der Waals surface area (Å²) < 4.78 is 14.4. The molecule has 1 heterocycles. The van der Waals surface area contributed by atoms with E-state index in [2.05, 4.69) is 5.32 Å². The molecule has 0 spiro atoms. The van der Waals surface area contributed by atoms with Crippen molar-refractivity contribution in [3.05, 3.63) is 95.9 Å². The zero-order valence-corrected chi connectivity index (χ0v) is 16.6. The number of anilines is 3. The van der Waals surface area contributed by atoms with Gasteiger partial charge in [0.05, 0.1) is 11.3 Å². The molecule has 3 aromatic carbocycles. The number of imide groups is 1. The third kappa shape index (κ3) is 3.43. The van der Waals surface area contributed by atoms with Gasteiger partial charge in [0.15, 0.2) is 0 Å². The Kier molecular flexibility index (Phi) is 5.06. The molecule has 0 radical (unpaired) electrons. The summed E-state index contributed by atoms with van der Waals surface area (Å²) in [6.07, 6.45) is 0. The van der Waals surface area contributed by atoms with Crippen molar-refractivity contribution in [3.8, 4) is 0 Å². The molecule has 5 nitrogen and oxygen atoms in total. The first-order chi connectivity index (χ1) is 14.5. The highest BCUT2D eigenvalue weighted by Crippen LogP contribution is 2.34. The smallest absolute Gasteiger partial charge is 0.282 e. The summed E-state index contributed by atoms with van der Waals surface area (Å²) in [7, 11) is 3.87. The predicted molar refractivity (Wildman–Crippen MR) is 117 cm³/mol. The molecule has 0 saturated carbocycles. The van der Waals surface area contributed by atoms with Gasteiger partial charge in [-0.15, -0.1) is 0 Å². The Labute approximate surface area is 174 Å². The van der Waals surface area contributed by atoms with Crippen LogP contribution in [0.25, 0.3) is 5.57 Å². The average Bonchev–Trinajstić information content (AvgIpc) is 2.99. The lowest BCUT2D eigenvalue weighted by Crippen LogP contribution is -2.33. The standard InChI is InChI=1S/C24H20FN3O2/c1-27(2)18-14-12-17(13-15-18)26-22-21(16-8-4-3-5-9-16)23(29)28(24(22)30)20-11-7-6-10-19(20)25/h3-15,26H,1-2H3. The van der Waals surface area contributed by atoms with Gasteiger partial charge in [-0.25, -0.2) is 9.29 Å². The highest BCUT2D eigenvalue weighted by molar-refractivity contribution is 6.46. The van der Waals surface area contributed by atoms with Crippen LogP contribution in [0.4, 0.5) is 21.5 Å². The van der Waals surface area contributed by atoms with Crippen LogP contribution in [0.15, 0.2) is 84.6 Å². The van der Waals surface area contributed by atoms with Crippen molar-refractivity contribution in [1.82, 2.24) is 0 Å². The van der Waals surface area contributed by atoms with Crippen molar-refractivity contribution in [1.29, 1.82) is 0 Å². The number of carbonyl (C=O) groups excluding carboxylic acids is 2. The van der Waals surface area contributed by atoms with E-state index < -0.39 is 17.6 Å². The van der Waals surface area contributed by atoms with Gasteiger partial charge in [0.25, 0.3) is 11.8 Å². The number of hydrogen-bond acceptors (Lipinski definition) is 4. The van der Waals surface area contributed by atoms with E-state index in [-0.39, 0.29) is 17.0 Å². The molecule has 30 heavy (non-hydrogen) atoms. The third-order valence-electron chi connectivity index (χ3n) is 4.89. The highest BCUT2D eigenvalue weighted by atomic mass is 19.1. The first-order valence-corrected chi connectivity index (χ1v) is 9.45. The van der Waals surface area contributed by atoms with Gasteiger partial charge in [-0.1, -0.05) is 42.5 Å². The quantitative estimate of drug-likeness (QED) is 0.648. The molecule has 0 bridgehead atoms. The fourth-order valence-corrected chi connectivity index (χ4v) is 3.36. The number of carbonyl (C=O) groups is 2. The molecule has 1 aliphatic heterocycles. The minimum Gasteiger partial charge on any atom is -0.378 e. The van der Waals surface area contributed by atoms with E-state index >= 15 is 0 Å². The molecule has 0 aliphatic carbocycles. The molecular formula is C24H20FN3O2. The van der Waals surface area contributed by atoms with E-state index in [9.17, 15) is 14.0 Å². The lowest BCUT2D eigenvalue weighted by molar-refractivity contribution is -0.120. The predicted octanol–water partition coefficient (Wildman–Crippen LogP) is 4.29. The van der Waals surface area contributed by atoms with Crippen LogP contribution in [-0.4, -0.2) is 25.9 Å². The summed E-state index contributed by atoms with van der Waals surface area (Å²) in [4.78, 5) is 29.3. The summed E-state index contributed by atoms with van der Waals surface area (Å²) >= 11 is 0. The molecule has 0 atom stereocenters. The summed E-state index contributed by atoms with van der Waals surface area (Å²) in [5, 5.41) is 3.08. The highest BCUT2D eigenvalue weighted by Gasteiger charge is 2.41. The fourth-order valence-electron chi connectivity index (χ4n) is 3.36. The second-order valence-corrected chi connectivity index (χ2v) is 7.08. The number of para-hydroxylation sites is 1. The van der Waals surface area contributed by atoms with Gasteiger partial charge in [-0.3, -0.25) is 9.59 Å². The van der Waals surface area contributed by atoms with E-state index in [0.29, 0.717) is 11.3 Å². The molecule has 2 amide bonds. The number of amides is 2.